The van der Waals surface area contributed by atoms with Crippen molar-refractivity contribution in [1.29, 1.82) is 5.26 Å². The number of nitriles is 1. The van der Waals surface area contributed by atoms with Crippen molar-refractivity contribution in [3.63, 3.8) is 0 Å². The van der Waals surface area contributed by atoms with Crippen LogP contribution in [0.15, 0.2) is 18.5 Å². The fourth-order valence-corrected chi connectivity index (χ4v) is 3.57. The lowest BCUT2D eigenvalue weighted by Gasteiger charge is -2.28. The predicted octanol–water partition coefficient (Wildman–Crippen LogP) is 1.66. The van der Waals surface area contributed by atoms with Gasteiger partial charge in [-0.15, -0.1) is 10.2 Å². The Balaban J connectivity index is 1.64. The first kappa shape index (κ1) is 14.6. The van der Waals surface area contributed by atoms with Crippen molar-refractivity contribution in [2.75, 3.05) is 0 Å². The maximum Gasteiger partial charge on any atom is 0.234 e. The molecule has 3 aromatic heterocycles. The van der Waals surface area contributed by atoms with Crippen molar-refractivity contribution in [2.24, 2.45) is 0 Å². The number of fused-ring (bicyclic) bond motifs is 3. The minimum atomic E-state index is -0.202. The SMILES string of the molecule is N#CCC(=O)N[C@H]1CCC[C@H](c2nnc3cnc4[nH]ccc4n23)C1. The summed E-state index contributed by atoms with van der Waals surface area (Å²) < 4.78 is 2.04. The maximum atomic E-state index is 11.7. The topological polar surface area (TPSA) is 112 Å². The fourth-order valence-electron chi connectivity index (χ4n) is 3.57. The summed E-state index contributed by atoms with van der Waals surface area (Å²) in [6.45, 7) is 0. The molecule has 0 radical (unpaired) electrons. The molecule has 2 N–H and O–H groups in total. The summed E-state index contributed by atoms with van der Waals surface area (Å²) >= 11 is 0. The molecule has 1 amide bonds. The quantitative estimate of drug-likeness (QED) is 0.761. The lowest BCUT2D eigenvalue weighted by molar-refractivity contribution is -0.121. The molecule has 1 aliphatic carbocycles. The molecule has 8 nitrogen and oxygen atoms in total. The number of aromatic amines is 1. The molecule has 1 saturated carbocycles. The maximum absolute atomic E-state index is 11.7. The summed E-state index contributed by atoms with van der Waals surface area (Å²) in [5.41, 5.74) is 2.49. The van der Waals surface area contributed by atoms with Crippen molar-refractivity contribution in [2.45, 2.75) is 44.1 Å². The summed E-state index contributed by atoms with van der Waals surface area (Å²) in [6, 6.07) is 3.94. The Labute approximate surface area is 137 Å². The first-order valence-corrected chi connectivity index (χ1v) is 8.09. The number of hydrogen-bond acceptors (Lipinski definition) is 5. The van der Waals surface area contributed by atoms with Crippen LogP contribution < -0.4 is 5.32 Å². The molecule has 24 heavy (non-hydrogen) atoms. The van der Waals surface area contributed by atoms with E-state index in [1.807, 2.05) is 22.7 Å². The van der Waals surface area contributed by atoms with Gasteiger partial charge in [0, 0.05) is 18.2 Å². The average Bonchev–Trinajstić information content (AvgIpc) is 3.21. The summed E-state index contributed by atoms with van der Waals surface area (Å²) in [5.74, 6) is 0.935. The molecule has 4 rings (SSSR count). The van der Waals surface area contributed by atoms with Crippen molar-refractivity contribution in [1.82, 2.24) is 29.9 Å². The molecule has 1 fully saturated rings. The summed E-state index contributed by atoms with van der Waals surface area (Å²) in [7, 11) is 0. The van der Waals surface area contributed by atoms with Crippen LogP contribution in [0.3, 0.4) is 0 Å². The number of nitrogens with zero attached hydrogens (tertiary/aromatic N) is 5. The Kier molecular flexibility index (Phi) is 3.61. The van der Waals surface area contributed by atoms with Gasteiger partial charge in [-0.05, 0) is 25.3 Å². The van der Waals surface area contributed by atoms with Gasteiger partial charge in [0.25, 0.3) is 0 Å². The second-order valence-corrected chi connectivity index (χ2v) is 6.18. The smallest absolute Gasteiger partial charge is 0.234 e. The van der Waals surface area contributed by atoms with Crippen LogP contribution in [0.1, 0.15) is 43.8 Å². The molecule has 2 atom stereocenters. The van der Waals surface area contributed by atoms with E-state index in [4.69, 9.17) is 5.26 Å². The molecule has 0 bridgehead atoms. The largest absolute Gasteiger partial charge is 0.352 e. The molecule has 3 aromatic rings. The van der Waals surface area contributed by atoms with Crippen LogP contribution >= 0.6 is 0 Å². The molecule has 0 aromatic carbocycles. The minimum absolute atomic E-state index is 0.0838. The van der Waals surface area contributed by atoms with Gasteiger partial charge in [-0.2, -0.15) is 5.26 Å². The Morgan fingerprint density at radius 3 is 3.25 bits per heavy atom. The molecule has 0 spiro atoms. The lowest BCUT2D eigenvalue weighted by Crippen LogP contribution is -2.38. The van der Waals surface area contributed by atoms with E-state index < -0.39 is 0 Å². The Bertz CT molecular complexity index is 935. The average molecular weight is 323 g/mol. The molecule has 0 unspecified atom stereocenters. The van der Waals surface area contributed by atoms with E-state index >= 15 is 0 Å². The van der Waals surface area contributed by atoms with Gasteiger partial charge < -0.3 is 10.3 Å². The highest BCUT2D eigenvalue weighted by Gasteiger charge is 2.28. The van der Waals surface area contributed by atoms with Crippen LogP contribution in [0.4, 0.5) is 0 Å². The highest BCUT2D eigenvalue weighted by molar-refractivity contribution is 5.78. The van der Waals surface area contributed by atoms with Crippen molar-refractivity contribution >= 4 is 22.7 Å². The monoisotopic (exact) mass is 323 g/mol. The highest BCUT2D eigenvalue weighted by Crippen LogP contribution is 2.33. The zero-order chi connectivity index (χ0) is 16.5. The van der Waals surface area contributed by atoms with Crippen LogP contribution in [0.5, 0.6) is 0 Å². The molecular formula is C16H17N7O. The zero-order valence-electron chi connectivity index (χ0n) is 13.1. The van der Waals surface area contributed by atoms with Gasteiger partial charge >= 0.3 is 0 Å². The number of hydrogen-bond donors (Lipinski definition) is 2. The number of amides is 1. The summed E-state index contributed by atoms with van der Waals surface area (Å²) in [4.78, 5) is 19.1. The van der Waals surface area contributed by atoms with Gasteiger partial charge in [0.15, 0.2) is 11.3 Å². The molecule has 1 aliphatic rings. The van der Waals surface area contributed by atoms with Gasteiger partial charge in [0.05, 0.1) is 17.8 Å². The summed E-state index contributed by atoms with van der Waals surface area (Å²) in [5, 5.41) is 20.2. The van der Waals surface area contributed by atoms with E-state index in [2.05, 4.69) is 25.5 Å². The normalized spacial score (nSPS) is 21.0. The third-order valence-corrected chi connectivity index (χ3v) is 4.61. The van der Waals surface area contributed by atoms with E-state index in [0.717, 1.165) is 48.3 Å². The Hall–Kier alpha value is -2.95. The first-order chi connectivity index (χ1) is 11.8. The molecule has 3 heterocycles. The first-order valence-electron chi connectivity index (χ1n) is 8.09. The van der Waals surface area contributed by atoms with E-state index in [1.54, 1.807) is 6.20 Å². The molecule has 0 saturated heterocycles. The predicted molar refractivity (Wildman–Crippen MR) is 86.0 cm³/mol. The standard InChI is InChI=1S/C16H17N7O/c17-6-4-14(24)20-11-3-1-2-10(8-11)16-22-21-13-9-19-15-12(23(13)16)5-7-18-15/h5,7,9-11,18H,1-4,8H2,(H,20,24)/t10-,11-/m0/s1. The molecular weight excluding hydrogens is 306 g/mol. The second kappa shape index (κ2) is 5.92. The van der Waals surface area contributed by atoms with E-state index in [9.17, 15) is 4.79 Å². The molecule has 8 heteroatoms. The van der Waals surface area contributed by atoms with Crippen molar-refractivity contribution in [3.8, 4) is 6.07 Å². The van der Waals surface area contributed by atoms with E-state index in [-0.39, 0.29) is 24.3 Å². The lowest BCUT2D eigenvalue weighted by atomic mass is 9.85. The van der Waals surface area contributed by atoms with Crippen LogP contribution in [-0.2, 0) is 4.79 Å². The second-order valence-electron chi connectivity index (χ2n) is 6.18. The van der Waals surface area contributed by atoms with Gasteiger partial charge in [-0.1, -0.05) is 6.42 Å². The Morgan fingerprint density at radius 2 is 2.38 bits per heavy atom. The zero-order valence-corrected chi connectivity index (χ0v) is 13.1. The number of carbonyl (C=O) groups excluding carboxylic acids is 1. The van der Waals surface area contributed by atoms with Crippen LogP contribution in [0.2, 0.25) is 0 Å². The van der Waals surface area contributed by atoms with Crippen LogP contribution in [-0.4, -0.2) is 36.5 Å². The number of rotatable bonds is 3. The number of nitrogens with one attached hydrogen (secondary N) is 2. The van der Waals surface area contributed by atoms with E-state index in [0.29, 0.717) is 0 Å². The van der Waals surface area contributed by atoms with Crippen LogP contribution in [0, 0.1) is 11.3 Å². The van der Waals surface area contributed by atoms with Gasteiger partial charge in [0.1, 0.15) is 12.2 Å². The number of H-pyrrole nitrogens is 1. The van der Waals surface area contributed by atoms with E-state index in [1.165, 1.54) is 0 Å². The summed E-state index contributed by atoms with van der Waals surface area (Å²) in [6.07, 6.45) is 7.25. The van der Waals surface area contributed by atoms with Gasteiger partial charge in [0.2, 0.25) is 5.91 Å². The number of carbonyl (C=O) groups is 1. The van der Waals surface area contributed by atoms with Crippen molar-refractivity contribution in [3.05, 3.63) is 24.3 Å². The van der Waals surface area contributed by atoms with Crippen molar-refractivity contribution < 1.29 is 4.79 Å². The minimum Gasteiger partial charge on any atom is -0.352 e. The highest BCUT2D eigenvalue weighted by atomic mass is 16.1. The van der Waals surface area contributed by atoms with Gasteiger partial charge in [-0.3, -0.25) is 9.20 Å². The molecule has 122 valence electrons. The third-order valence-electron chi connectivity index (χ3n) is 4.61. The molecule has 0 aliphatic heterocycles. The third kappa shape index (κ3) is 2.48. The van der Waals surface area contributed by atoms with Gasteiger partial charge in [-0.25, -0.2) is 4.98 Å². The Morgan fingerprint density at radius 1 is 1.46 bits per heavy atom. The number of aromatic nitrogens is 5. The fraction of sp³-hybridized carbons (Fsp3) is 0.438. The van der Waals surface area contributed by atoms with Crippen LogP contribution in [0.25, 0.3) is 16.8 Å².